The lowest BCUT2D eigenvalue weighted by Crippen LogP contribution is -2.21. The number of anilines is 1. The normalized spacial score (nSPS) is 11.5. The first kappa shape index (κ1) is 19.7. The van der Waals surface area contributed by atoms with Gasteiger partial charge in [0.1, 0.15) is 17.0 Å². The number of hydrogen-bond acceptors (Lipinski definition) is 4. The highest BCUT2D eigenvalue weighted by Gasteiger charge is 2.19. The van der Waals surface area contributed by atoms with E-state index in [4.69, 9.17) is 23.2 Å². The number of nitrogens with one attached hydrogen (secondary N) is 2. The molecule has 0 amide bonds. The predicted octanol–water partition coefficient (Wildman–Crippen LogP) is 5.10. The van der Waals surface area contributed by atoms with Crippen molar-refractivity contribution in [3.63, 3.8) is 0 Å². The Morgan fingerprint density at radius 2 is 1.89 bits per heavy atom. The monoisotopic (exact) mass is 407 g/mol. The van der Waals surface area contributed by atoms with Crippen LogP contribution in [-0.2, 0) is 0 Å². The maximum absolute atomic E-state index is 12.7. The number of rotatable bonds is 7. The van der Waals surface area contributed by atoms with Crippen LogP contribution in [0.5, 0.6) is 0 Å². The molecule has 0 fully saturated rings. The molecule has 6 nitrogen and oxygen atoms in total. The van der Waals surface area contributed by atoms with Crippen LogP contribution in [0.2, 0.25) is 10.0 Å². The molecule has 0 unspecified atom stereocenters. The number of hydrogen-bond donors (Lipinski definition) is 2. The highest BCUT2D eigenvalue weighted by molar-refractivity contribution is 6.35. The van der Waals surface area contributed by atoms with Gasteiger partial charge in [-0.3, -0.25) is 9.89 Å². The van der Waals surface area contributed by atoms with Crippen molar-refractivity contribution in [1.29, 1.82) is 0 Å². The van der Waals surface area contributed by atoms with E-state index in [1.54, 1.807) is 22.9 Å². The van der Waals surface area contributed by atoms with Crippen molar-refractivity contribution in [2.24, 2.45) is 0 Å². The molecule has 2 aromatic heterocycles. The largest absolute Gasteiger partial charge is 0.366 e. The summed E-state index contributed by atoms with van der Waals surface area (Å²) < 4.78 is 1.59. The molecule has 27 heavy (non-hydrogen) atoms. The molecular weight excluding hydrogens is 385 g/mol. The number of fused-ring (bicyclic) bond motifs is 1. The van der Waals surface area contributed by atoms with Crippen LogP contribution in [0.3, 0.4) is 0 Å². The minimum absolute atomic E-state index is 0.259. The molecule has 0 bridgehead atoms. The van der Waals surface area contributed by atoms with Crippen molar-refractivity contribution in [2.45, 2.75) is 52.5 Å². The standard InChI is InChI=1S/C19H23Cl2N5O/c1-4-6-13(7-5-2)24-17-16-18(23-11(3)22-17)26(25-19(16)27)15-9-8-12(20)10-14(15)21/h8-10,13H,4-7H2,1-3H3,(H,25,27)(H,22,23,24). The summed E-state index contributed by atoms with van der Waals surface area (Å²) in [5.74, 6) is 1.14. The Hall–Kier alpha value is -2.05. The van der Waals surface area contributed by atoms with Gasteiger partial charge in [-0.05, 0) is 38.0 Å². The van der Waals surface area contributed by atoms with Gasteiger partial charge >= 0.3 is 0 Å². The molecule has 0 aliphatic heterocycles. The molecule has 8 heteroatoms. The van der Waals surface area contributed by atoms with E-state index in [9.17, 15) is 4.79 Å². The van der Waals surface area contributed by atoms with Gasteiger partial charge in [-0.25, -0.2) is 14.6 Å². The third kappa shape index (κ3) is 4.12. The molecule has 3 aromatic rings. The predicted molar refractivity (Wildman–Crippen MR) is 111 cm³/mol. The van der Waals surface area contributed by atoms with Crippen molar-refractivity contribution in [2.75, 3.05) is 5.32 Å². The second kappa shape index (κ2) is 8.31. The summed E-state index contributed by atoms with van der Waals surface area (Å²) in [6.45, 7) is 6.11. The van der Waals surface area contributed by atoms with Gasteiger partial charge in [0.05, 0.1) is 10.7 Å². The van der Waals surface area contributed by atoms with Crippen LogP contribution in [0, 0.1) is 6.92 Å². The van der Waals surface area contributed by atoms with Gasteiger partial charge in [-0.15, -0.1) is 0 Å². The topological polar surface area (TPSA) is 75.6 Å². The summed E-state index contributed by atoms with van der Waals surface area (Å²) in [5.41, 5.74) is 0.840. The number of nitrogens with zero attached hydrogens (tertiary/aromatic N) is 3. The molecule has 0 saturated carbocycles. The number of H-pyrrole nitrogens is 1. The summed E-state index contributed by atoms with van der Waals surface area (Å²) in [6.07, 6.45) is 4.14. The first-order valence-corrected chi connectivity index (χ1v) is 9.91. The Balaban J connectivity index is 2.15. The van der Waals surface area contributed by atoms with E-state index in [1.165, 1.54) is 0 Å². The van der Waals surface area contributed by atoms with Crippen LogP contribution in [0.25, 0.3) is 16.7 Å². The van der Waals surface area contributed by atoms with Crippen LogP contribution >= 0.6 is 23.2 Å². The Kier molecular flexibility index (Phi) is 6.07. The number of aromatic nitrogens is 4. The zero-order valence-electron chi connectivity index (χ0n) is 15.6. The molecule has 2 N–H and O–H groups in total. The van der Waals surface area contributed by atoms with Gasteiger partial charge < -0.3 is 5.32 Å². The van der Waals surface area contributed by atoms with Crippen LogP contribution in [0.15, 0.2) is 23.0 Å². The first-order chi connectivity index (χ1) is 12.9. The molecule has 144 valence electrons. The zero-order chi connectivity index (χ0) is 19.6. The van der Waals surface area contributed by atoms with E-state index >= 15 is 0 Å². The minimum Gasteiger partial charge on any atom is -0.366 e. The maximum atomic E-state index is 12.7. The molecule has 0 spiro atoms. The van der Waals surface area contributed by atoms with Crippen molar-refractivity contribution >= 4 is 40.1 Å². The third-order valence-electron chi connectivity index (χ3n) is 4.42. The lowest BCUT2D eigenvalue weighted by Gasteiger charge is -2.18. The van der Waals surface area contributed by atoms with E-state index in [2.05, 4.69) is 34.2 Å². The van der Waals surface area contributed by atoms with Gasteiger partial charge in [0.2, 0.25) is 0 Å². The molecule has 0 aliphatic rings. The van der Waals surface area contributed by atoms with Crippen molar-refractivity contribution in [3.8, 4) is 5.69 Å². The highest BCUT2D eigenvalue weighted by atomic mass is 35.5. The summed E-state index contributed by atoms with van der Waals surface area (Å²) in [5, 5.41) is 7.67. The average Bonchev–Trinajstić information content (AvgIpc) is 2.92. The summed E-state index contributed by atoms with van der Waals surface area (Å²) >= 11 is 12.3. The third-order valence-corrected chi connectivity index (χ3v) is 4.96. The fourth-order valence-electron chi connectivity index (χ4n) is 3.26. The number of aryl methyl sites for hydroxylation is 1. The highest BCUT2D eigenvalue weighted by Crippen LogP contribution is 2.27. The van der Waals surface area contributed by atoms with E-state index < -0.39 is 0 Å². The van der Waals surface area contributed by atoms with Crippen LogP contribution in [-0.4, -0.2) is 25.8 Å². The summed E-state index contributed by atoms with van der Waals surface area (Å²) in [4.78, 5) is 21.7. The van der Waals surface area contributed by atoms with E-state index in [1.807, 2.05) is 6.92 Å². The van der Waals surface area contributed by atoms with Gasteiger partial charge in [-0.1, -0.05) is 49.9 Å². The van der Waals surface area contributed by atoms with Gasteiger partial charge in [0, 0.05) is 11.1 Å². The summed E-state index contributed by atoms with van der Waals surface area (Å²) in [7, 11) is 0. The van der Waals surface area contributed by atoms with Crippen molar-refractivity contribution < 1.29 is 0 Å². The number of benzene rings is 1. The maximum Gasteiger partial charge on any atom is 0.277 e. The number of aromatic amines is 1. The van der Waals surface area contributed by atoms with Crippen LogP contribution in [0.1, 0.15) is 45.4 Å². The van der Waals surface area contributed by atoms with Crippen molar-refractivity contribution in [1.82, 2.24) is 19.7 Å². The molecule has 2 heterocycles. The SMILES string of the molecule is CCCC(CCC)Nc1nc(C)nc2c1c(=O)[nH]n2-c1ccc(Cl)cc1Cl. The smallest absolute Gasteiger partial charge is 0.277 e. The number of halogens is 2. The molecule has 1 aromatic carbocycles. The minimum atomic E-state index is -0.259. The van der Waals surface area contributed by atoms with Crippen LogP contribution < -0.4 is 10.9 Å². The fourth-order valence-corrected chi connectivity index (χ4v) is 3.75. The molecule has 0 aliphatic carbocycles. The first-order valence-electron chi connectivity index (χ1n) is 9.15. The lowest BCUT2D eigenvalue weighted by atomic mass is 10.1. The Morgan fingerprint density at radius 1 is 1.19 bits per heavy atom. The molecule has 0 radical (unpaired) electrons. The van der Waals surface area contributed by atoms with Gasteiger partial charge in [0.25, 0.3) is 5.56 Å². The quantitative estimate of drug-likeness (QED) is 0.570. The molecule has 0 atom stereocenters. The van der Waals surface area contributed by atoms with E-state index in [0.29, 0.717) is 38.4 Å². The van der Waals surface area contributed by atoms with Gasteiger partial charge in [-0.2, -0.15) is 0 Å². The van der Waals surface area contributed by atoms with E-state index in [0.717, 1.165) is 25.7 Å². The molecular formula is C19H23Cl2N5O. The van der Waals surface area contributed by atoms with Crippen molar-refractivity contribution in [3.05, 3.63) is 44.4 Å². The molecule has 0 saturated heterocycles. The Bertz CT molecular complexity index is 1010. The van der Waals surface area contributed by atoms with E-state index in [-0.39, 0.29) is 11.6 Å². The second-order valence-electron chi connectivity index (χ2n) is 6.61. The summed E-state index contributed by atoms with van der Waals surface area (Å²) in [6, 6.07) is 5.37. The average molecular weight is 408 g/mol. The van der Waals surface area contributed by atoms with Gasteiger partial charge in [0.15, 0.2) is 5.65 Å². The zero-order valence-corrected chi connectivity index (χ0v) is 17.2. The van der Waals surface area contributed by atoms with Crippen LogP contribution in [0.4, 0.5) is 5.82 Å². The second-order valence-corrected chi connectivity index (χ2v) is 7.45. The lowest BCUT2D eigenvalue weighted by molar-refractivity contribution is 0.584. The Morgan fingerprint density at radius 3 is 2.52 bits per heavy atom. The Labute approximate surface area is 167 Å². The fraction of sp³-hybridized carbons (Fsp3) is 0.421. The molecule has 3 rings (SSSR count).